The van der Waals surface area contributed by atoms with Gasteiger partial charge in [-0.25, -0.2) is 4.79 Å². The zero-order chi connectivity index (χ0) is 15.4. The van der Waals surface area contributed by atoms with Gasteiger partial charge in [0.25, 0.3) is 0 Å². The van der Waals surface area contributed by atoms with Crippen molar-refractivity contribution in [3.63, 3.8) is 0 Å². The molecular formula is C17H19NO3. The first kappa shape index (κ1) is 15.0. The molecule has 2 rings (SSSR count). The summed E-state index contributed by atoms with van der Waals surface area (Å²) >= 11 is 0. The quantitative estimate of drug-likeness (QED) is 0.917. The van der Waals surface area contributed by atoms with Crippen molar-refractivity contribution in [2.45, 2.75) is 26.3 Å². The highest BCUT2D eigenvalue weighted by Crippen LogP contribution is 2.25. The lowest BCUT2D eigenvalue weighted by Crippen LogP contribution is -2.38. The van der Waals surface area contributed by atoms with Crippen LogP contribution in [-0.4, -0.2) is 28.4 Å². The van der Waals surface area contributed by atoms with E-state index < -0.39 is 12.0 Å². The van der Waals surface area contributed by atoms with Crippen LogP contribution in [-0.2, 0) is 9.59 Å². The van der Waals surface area contributed by atoms with E-state index in [0.717, 1.165) is 17.2 Å². The standard InChI is InChI=1S/C17H19NO3/c1-3-10-18(12(2)19)16(17(20)21)15-9-8-13-6-4-5-7-14(13)11-15/h4-9,11,16H,3,10H2,1-2H3,(H,20,21). The summed E-state index contributed by atoms with van der Waals surface area (Å²) in [6, 6.07) is 12.4. The molecule has 21 heavy (non-hydrogen) atoms. The van der Waals surface area contributed by atoms with E-state index in [4.69, 9.17) is 0 Å². The molecule has 0 aliphatic rings. The number of carboxylic acid groups (broad SMARTS) is 1. The molecule has 1 unspecified atom stereocenters. The number of fused-ring (bicyclic) bond motifs is 1. The zero-order valence-corrected chi connectivity index (χ0v) is 12.2. The lowest BCUT2D eigenvalue weighted by atomic mass is 10.0. The van der Waals surface area contributed by atoms with E-state index in [1.165, 1.54) is 11.8 Å². The third kappa shape index (κ3) is 3.21. The Morgan fingerprint density at radius 3 is 2.38 bits per heavy atom. The van der Waals surface area contributed by atoms with Crippen LogP contribution in [0.25, 0.3) is 10.8 Å². The first-order chi connectivity index (χ1) is 10.0. The molecule has 4 heteroatoms. The van der Waals surface area contributed by atoms with E-state index in [0.29, 0.717) is 12.1 Å². The van der Waals surface area contributed by atoms with Crippen molar-refractivity contribution in [3.05, 3.63) is 48.0 Å². The maximum absolute atomic E-state index is 11.8. The van der Waals surface area contributed by atoms with Crippen LogP contribution in [0.4, 0.5) is 0 Å². The van der Waals surface area contributed by atoms with Gasteiger partial charge in [0.15, 0.2) is 6.04 Å². The van der Waals surface area contributed by atoms with Gasteiger partial charge in [-0.2, -0.15) is 0 Å². The molecule has 0 saturated carbocycles. The van der Waals surface area contributed by atoms with Crippen LogP contribution in [0.3, 0.4) is 0 Å². The van der Waals surface area contributed by atoms with Crippen molar-refractivity contribution in [1.29, 1.82) is 0 Å². The summed E-state index contributed by atoms with van der Waals surface area (Å²) in [5.41, 5.74) is 0.629. The smallest absolute Gasteiger partial charge is 0.331 e. The minimum atomic E-state index is -1.01. The number of hydrogen-bond donors (Lipinski definition) is 1. The SMILES string of the molecule is CCCN(C(C)=O)C(C(=O)O)c1ccc2ccccc2c1. The predicted molar refractivity (Wildman–Crippen MR) is 82.0 cm³/mol. The molecule has 0 aliphatic carbocycles. The molecule has 1 amide bonds. The monoisotopic (exact) mass is 285 g/mol. The van der Waals surface area contributed by atoms with Crippen molar-refractivity contribution in [1.82, 2.24) is 4.90 Å². The Bertz CT molecular complexity index is 666. The van der Waals surface area contributed by atoms with Gasteiger partial charge in [0.05, 0.1) is 0 Å². The van der Waals surface area contributed by atoms with E-state index in [-0.39, 0.29) is 5.91 Å². The number of nitrogens with zero attached hydrogens (tertiary/aromatic N) is 1. The number of carbonyl (C=O) groups excluding carboxylic acids is 1. The number of aliphatic carboxylic acids is 1. The van der Waals surface area contributed by atoms with Crippen LogP contribution in [0.5, 0.6) is 0 Å². The molecule has 0 radical (unpaired) electrons. The van der Waals surface area contributed by atoms with E-state index in [2.05, 4.69) is 0 Å². The third-order valence-electron chi connectivity index (χ3n) is 3.50. The van der Waals surface area contributed by atoms with Crippen LogP contribution >= 0.6 is 0 Å². The summed E-state index contributed by atoms with van der Waals surface area (Å²) in [6.45, 7) is 3.76. The second kappa shape index (κ2) is 6.39. The Hall–Kier alpha value is -2.36. The Morgan fingerprint density at radius 2 is 1.81 bits per heavy atom. The fraction of sp³-hybridized carbons (Fsp3) is 0.294. The minimum Gasteiger partial charge on any atom is -0.479 e. The first-order valence-corrected chi connectivity index (χ1v) is 7.03. The highest BCUT2D eigenvalue weighted by Gasteiger charge is 2.28. The summed E-state index contributed by atoms with van der Waals surface area (Å²) in [4.78, 5) is 24.9. The Kier molecular flexibility index (Phi) is 4.58. The normalized spacial score (nSPS) is 12.1. The Balaban J connectivity index is 2.48. The number of rotatable bonds is 5. The number of hydrogen-bond acceptors (Lipinski definition) is 2. The van der Waals surface area contributed by atoms with Gasteiger partial charge in [0.2, 0.25) is 5.91 Å². The maximum Gasteiger partial charge on any atom is 0.331 e. The summed E-state index contributed by atoms with van der Waals surface area (Å²) < 4.78 is 0. The minimum absolute atomic E-state index is 0.225. The van der Waals surface area contributed by atoms with E-state index in [1.807, 2.05) is 43.3 Å². The van der Waals surface area contributed by atoms with Gasteiger partial charge >= 0.3 is 5.97 Å². The number of benzene rings is 2. The lowest BCUT2D eigenvalue weighted by molar-refractivity contribution is -0.149. The second-order valence-corrected chi connectivity index (χ2v) is 5.06. The molecule has 0 aliphatic heterocycles. The van der Waals surface area contributed by atoms with Crippen molar-refractivity contribution in [2.75, 3.05) is 6.54 Å². The van der Waals surface area contributed by atoms with Gasteiger partial charge in [-0.3, -0.25) is 4.79 Å². The van der Waals surface area contributed by atoms with Gasteiger partial charge in [0.1, 0.15) is 0 Å². The topological polar surface area (TPSA) is 57.6 Å². The Morgan fingerprint density at radius 1 is 1.14 bits per heavy atom. The largest absolute Gasteiger partial charge is 0.479 e. The molecule has 4 nitrogen and oxygen atoms in total. The summed E-state index contributed by atoms with van der Waals surface area (Å²) in [6.07, 6.45) is 0.719. The summed E-state index contributed by atoms with van der Waals surface area (Å²) in [5.74, 6) is -1.23. The molecule has 2 aromatic carbocycles. The van der Waals surface area contributed by atoms with E-state index in [9.17, 15) is 14.7 Å². The molecule has 0 fully saturated rings. The van der Waals surface area contributed by atoms with Crippen LogP contribution < -0.4 is 0 Å². The zero-order valence-electron chi connectivity index (χ0n) is 12.2. The van der Waals surface area contributed by atoms with Crippen LogP contribution in [0.1, 0.15) is 31.9 Å². The lowest BCUT2D eigenvalue weighted by Gasteiger charge is -2.28. The number of carbonyl (C=O) groups is 2. The Labute approximate surface area is 124 Å². The summed E-state index contributed by atoms with van der Waals surface area (Å²) in [7, 11) is 0. The fourth-order valence-corrected chi connectivity index (χ4v) is 2.54. The van der Waals surface area contributed by atoms with Crippen molar-refractivity contribution >= 4 is 22.6 Å². The average Bonchev–Trinajstić information content (AvgIpc) is 2.46. The maximum atomic E-state index is 11.8. The van der Waals surface area contributed by atoms with Crippen molar-refractivity contribution in [2.24, 2.45) is 0 Å². The number of amides is 1. The molecule has 1 N–H and O–H groups in total. The third-order valence-corrected chi connectivity index (χ3v) is 3.50. The molecule has 1 atom stereocenters. The van der Waals surface area contributed by atoms with Crippen LogP contribution in [0, 0.1) is 0 Å². The van der Waals surface area contributed by atoms with Gasteiger partial charge in [0, 0.05) is 13.5 Å². The second-order valence-electron chi connectivity index (χ2n) is 5.06. The van der Waals surface area contributed by atoms with Gasteiger partial charge in [-0.05, 0) is 28.8 Å². The van der Waals surface area contributed by atoms with Crippen molar-refractivity contribution in [3.8, 4) is 0 Å². The molecule has 0 saturated heterocycles. The highest BCUT2D eigenvalue weighted by molar-refractivity contribution is 5.87. The molecule has 0 heterocycles. The van der Waals surface area contributed by atoms with Gasteiger partial charge in [-0.15, -0.1) is 0 Å². The molecule has 110 valence electrons. The molecule has 0 spiro atoms. The van der Waals surface area contributed by atoms with Gasteiger partial charge in [-0.1, -0.05) is 43.3 Å². The fourth-order valence-electron chi connectivity index (χ4n) is 2.54. The molecule has 0 aromatic heterocycles. The van der Waals surface area contributed by atoms with Crippen LogP contribution in [0.15, 0.2) is 42.5 Å². The van der Waals surface area contributed by atoms with Crippen molar-refractivity contribution < 1.29 is 14.7 Å². The van der Waals surface area contributed by atoms with E-state index >= 15 is 0 Å². The highest BCUT2D eigenvalue weighted by atomic mass is 16.4. The van der Waals surface area contributed by atoms with E-state index in [1.54, 1.807) is 6.07 Å². The molecule has 0 bridgehead atoms. The molecular weight excluding hydrogens is 266 g/mol. The summed E-state index contributed by atoms with van der Waals surface area (Å²) in [5, 5.41) is 11.6. The first-order valence-electron chi connectivity index (χ1n) is 7.03. The van der Waals surface area contributed by atoms with Crippen LogP contribution in [0.2, 0.25) is 0 Å². The predicted octanol–water partition coefficient (Wildman–Crippen LogP) is 3.22. The number of carboxylic acids is 1. The molecule has 2 aromatic rings. The average molecular weight is 285 g/mol. The van der Waals surface area contributed by atoms with Gasteiger partial charge < -0.3 is 10.0 Å².